The number of hydrogen-bond donors (Lipinski definition) is 1. The van der Waals surface area contributed by atoms with E-state index in [9.17, 15) is 5.11 Å². The Morgan fingerprint density at radius 3 is 1.89 bits per heavy atom. The summed E-state index contributed by atoms with van der Waals surface area (Å²) in [6.45, 7) is 14.8. The zero-order valence-electron chi connectivity index (χ0n) is 23.8. The summed E-state index contributed by atoms with van der Waals surface area (Å²) in [6, 6.07) is 3.20. The number of phenolic OH excluding ortho intramolecular Hbond substituents is 1. The van der Waals surface area contributed by atoms with Gasteiger partial charge in [0, 0.05) is 11.1 Å². The summed E-state index contributed by atoms with van der Waals surface area (Å²) in [4.78, 5) is 0. The number of halogens is 2. The van der Waals surface area contributed by atoms with E-state index in [4.69, 9.17) is 9.47 Å². The molecule has 5 heteroatoms. The second-order valence-corrected chi connectivity index (χ2v) is 13.4. The average Bonchev–Trinajstić information content (AvgIpc) is 2.79. The van der Waals surface area contributed by atoms with Crippen molar-refractivity contribution in [3.63, 3.8) is 0 Å². The van der Waals surface area contributed by atoms with E-state index in [0.717, 1.165) is 38.7 Å². The predicted molar refractivity (Wildman–Crippen MR) is 143 cm³/mol. The minimum Gasteiger partial charge on any atom is -0.507 e. The van der Waals surface area contributed by atoms with Gasteiger partial charge >= 0.3 is 6.11 Å². The number of benzene rings is 1. The second kappa shape index (κ2) is 11.6. The Balaban J connectivity index is 1.61. The molecule has 36 heavy (non-hydrogen) atoms. The number of phenols is 1. The van der Waals surface area contributed by atoms with E-state index in [1.54, 1.807) is 12.1 Å². The molecule has 0 spiro atoms. The molecule has 0 bridgehead atoms. The van der Waals surface area contributed by atoms with E-state index >= 15 is 8.78 Å². The van der Waals surface area contributed by atoms with Crippen LogP contribution in [0.4, 0.5) is 8.78 Å². The number of alkyl halides is 2. The molecule has 2 aliphatic rings. The fourth-order valence-electron chi connectivity index (χ4n) is 6.03. The first-order chi connectivity index (χ1) is 16.7. The van der Waals surface area contributed by atoms with Crippen molar-refractivity contribution in [1.82, 2.24) is 0 Å². The van der Waals surface area contributed by atoms with Crippen molar-refractivity contribution in [2.24, 2.45) is 17.8 Å². The van der Waals surface area contributed by atoms with Crippen molar-refractivity contribution in [1.29, 1.82) is 0 Å². The van der Waals surface area contributed by atoms with Crippen LogP contribution in [0.15, 0.2) is 12.1 Å². The third-order valence-electron chi connectivity index (χ3n) is 8.40. The molecule has 2 atom stereocenters. The van der Waals surface area contributed by atoms with Crippen LogP contribution in [0.25, 0.3) is 0 Å². The van der Waals surface area contributed by atoms with Crippen LogP contribution in [0.3, 0.4) is 0 Å². The zero-order chi connectivity index (χ0) is 26.7. The fraction of sp³-hybridized carbons (Fsp3) is 0.806. The smallest absolute Gasteiger partial charge is 0.400 e. The molecule has 1 aromatic rings. The van der Waals surface area contributed by atoms with Crippen LogP contribution in [0, 0.1) is 17.8 Å². The first kappa shape index (κ1) is 29.2. The lowest BCUT2D eigenvalue weighted by atomic mass is 9.73. The molecule has 3 rings (SSSR count). The third-order valence-corrected chi connectivity index (χ3v) is 8.40. The van der Waals surface area contributed by atoms with Crippen molar-refractivity contribution in [2.45, 2.75) is 136 Å². The summed E-state index contributed by atoms with van der Waals surface area (Å²) in [6.07, 6.45) is 6.90. The standard InChI is InChI=1S/C31H50F2O3/c1-8-9-10-11-24-17-14-22(20-35-24)21-12-15-23(16-13-21)31(32,33)36-25-18-26(29(2,3)4)28(34)27(19-25)30(5,6)7/h18-19,21-24,34H,8-17,20H2,1-7H3. The molecule has 1 aliphatic heterocycles. The number of rotatable bonds is 8. The molecule has 1 aromatic carbocycles. The zero-order valence-corrected chi connectivity index (χ0v) is 23.8. The van der Waals surface area contributed by atoms with Gasteiger partial charge in [-0.25, -0.2) is 0 Å². The summed E-state index contributed by atoms with van der Waals surface area (Å²) in [5.41, 5.74) is 0.478. The van der Waals surface area contributed by atoms with Gasteiger partial charge in [-0.2, -0.15) is 8.78 Å². The average molecular weight is 509 g/mol. The van der Waals surface area contributed by atoms with Crippen LogP contribution in [0.5, 0.6) is 11.5 Å². The summed E-state index contributed by atoms with van der Waals surface area (Å²) < 4.78 is 42.4. The topological polar surface area (TPSA) is 38.7 Å². The molecule has 1 saturated heterocycles. The van der Waals surface area contributed by atoms with Gasteiger partial charge in [0.25, 0.3) is 0 Å². The monoisotopic (exact) mass is 508 g/mol. The Labute approximate surface area is 218 Å². The summed E-state index contributed by atoms with van der Waals surface area (Å²) in [5, 5.41) is 10.9. The molecular formula is C31H50F2O3. The quantitative estimate of drug-likeness (QED) is 0.356. The molecule has 0 radical (unpaired) electrons. The van der Waals surface area contributed by atoms with Crippen molar-refractivity contribution in [3.8, 4) is 11.5 Å². The minimum absolute atomic E-state index is 0.143. The molecule has 3 nitrogen and oxygen atoms in total. The maximum atomic E-state index is 15.4. The molecule has 2 fully saturated rings. The lowest BCUT2D eigenvalue weighted by Crippen LogP contribution is -2.39. The largest absolute Gasteiger partial charge is 0.507 e. The van der Waals surface area contributed by atoms with Crippen LogP contribution in [-0.2, 0) is 15.6 Å². The molecule has 1 N–H and O–H groups in total. The number of ether oxygens (including phenoxy) is 2. The highest BCUT2D eigenvalue weighted by Gasteiger charge is 2.45. The maximum absolute atomic E-state index is 15.4. The highest BCUT2D eigenvalue weighted by atomic mass is 19.3. The van der Waals surface area contributed by atoms with Gasteiger partial charge in [0.05, 0.1) is 18.6 Å². The van der Waals surface area contributed by atoms with Gasteiger partial charge in [0.2, 0.25) is 0 Å². The van der Waals surface area contributed by atoms with Crippen LogP contribution in [0.2, 0.25) is 0 Å². The molecule has 1 aliphatic carbocycles. The minimum atomic E-state index is -3.24. The third kappa shape index (κ3) is 7.36. The number of hydrogen-bond acceptors (Lipinski definition) is 3. The van der Waals surface area contributed by atoms with Gasteiger partial charge in [-0.1, -0.05) is 67.7 Å². The molecule has 2 unspecified atom stereocenters. The highest BCUT2D eigenvalue weighted by Crippen LogP contribution is 2.46. The Morgan fingerprint density at radius 2 is 1.42 bits per heavy atom. The Bertz CT molecular complexity index is 801. The van der Waals surface area contributed by atoms with Crippen LogP contribution in [-0.4, -0.2) is 23.9 Å². The molecule has 1 saturated carbocycles. The maximum Gasteiger partial charge on any atom is 0.400 e. The molecule has 206 valence electrons. The Hall–Kier alpha value is -1.36. The summed E-state index contributed by atoms with van der Waals surface area (Å²) in [5.74, 6) is 0.508. The molecule has 0 amide bonds. The molecule has 0 aromatic heterocycles. The normalized spacial score (nSPS) is 26.1. The molecular weight excluding hydrogens is 458 g/mol. The van der Waals surface area contributed by atoms with Crippen LogP contribution < -0.4 is 4.74 Å². The van der Waals surface area contributed by atoms with Gasteiger partial charge < -0.3 is 14.6 Å². The van der Waals surface area contributed by atoms with Gasteiger partial charge in [-0.15, -0.1) is 0 Å². The highest BCUT2D eigenvalue weighted by molar-refractivity contribution is 5.52. The molecule has 1 heterocycles. The van der Waals surface area contributed by atoms with Crippen molar-refractivity contribution >= 4 is 0 Å². The fourth-order valence-corrected chi connectivity index (χ4v) is 6.03. The first-order valence-electron chi connectivity index (χ1n) is 14.3. The van der Waals surface area contributed by atoms with E-state index in [-0.39, 0.29) is 11.5 Å². The van der Waals surface area contributed by atoms with Crippen LogP contribution >= 0.6 is 0 Å². The predicted octanol–water partition coefficient (Wildman–Crippen LogP) is 9.14. The van der Waals surface area contributed by atoms with E-state index in [0.29, 0.717) is 41.9 Å². The van der Waals surface area contributed by atoms with Crippen molar-refractivity contribution in [2.75, 3.05) is 6.61 Å². The van der Waals surface area contributed by atoms with Crippen LogP contribution in [0.1, 0.15) is 124 Å². The van der Waals surface area contributed by atoms with Crippen molar-refractivity contribution < 1.29 is 23.4 Å². The lowest BCUT2D eigenvalue weighted by Gasteiger charge is -2.39. The van der Waals surface area contributed by atoms with E-state index in [1.807, 2.05) is 41.5 Å². The van der Waals surface area contributed by atoms with Gasteiger partial charge in [0.1, 0.15) is 11.5 Å². The second-order valence-electron chi connectivity index (χ2n) is 13.4. The summed E-state index contributed by atoms with van der Waals surface area (Å²) >= 11 is 0. The Kier molecular flexibility index (Phi) is 9.39. The SMILES string of the molecule is CCCCCC1CCC(C2CCC(C(F)(F)Oc3cc(C(C)(C)C)c(O)c(C(C)(C)C)c3)CC2)CO1. The van der Waals surface area contributed by atoms with Gasteiger partial charge in [0.15, 0.2) is 0 Å². The van der Waals surface area contributed by atoms with Gasteiger partial charge in [-0.3, -0.25) is 0 Å². The Morgan fingerprint density at radius 1 is 0.861 bits per heavy atom. The van der Waals surface area contributed by atoms with E-state index in [1.165, 1.54) is 19.3 Å². The van der Waals surface area contributed by atoms with E-state index in [2.05, 4.69) is 6.92 Å². The number of aromatic hydroxyl groups is 1. The summed E-state index contributed by atoms with van der Waals surface area (Å²) in [7, 11) is 0. The number of unbranched alkanes of at least 4 members (excludes halogenated alkanes) is 2. The van der Waals surface area contributed by atoms with Crippen molar-refractivity contribution in [3.05, 3.63) is 23.3 Å². The van der Waals surface area contributed by atoms with Gasteiger partial charge in [-0.05, 0) is 79.7 Å². The first-order valence-corrected chi connectivity index (χ1v) is 14.3. The lowest BCUT2D eigenvalue weighted by molar-refractivity contribution is -0.224. The van der Waals surface area contributed by atoms with E-state index < -0.39 is 22.9 Å².